The Morgan fingerprint density at radius 1 is 0.917 bits per heavy atom. The Bertz CT molecular complexity index is 1370. The number of ketones is 1. The van der Waals surface area contributed by atoms with Gasteiger partial charge in [-0.05, 0) is 47.7 Å². The Hall–Kier alpha value is -4.26. The Kier molecular flexibility index (Phi) is 6.38. The lowest BCUT2D eigenvalue weighted by molar-refractivity contribution is -0.138. The molecule has 0 saturated carbocycles. The van der Waals surface area contributed by atoms with Gasteiger partial charge in [0.2, 0.25) is 5.91 Å². The molecule has 36 heavy (non-hydrogen) atoms. The van der Waals surface area contributed by atoms with Gasteiger partial charge in [-0.15, -0.1) is 0 Å². The number of Topliss-reactive ketones (excluding diaryl/α,β-unsaturated/α-hetero) is 1. The van der Waals surface area contributed by atoms with Gasteiger partial charge in [0.15, 0.2) is 5.78 Å². The van der Waals surface area contributed by atoms with Crippen LogP contribution < -0.4 is 10.2 Å². The summed E-state index contributed by atoms with van der Waals surface area (Å²) in [4.78, 5) is 40.1. The van der Waals surface area contributed by atoms with Crippen LogP contribution in [0.3, 0.4) is 0 Å². The third kappa shape index (κ3) is 4.52. The lowest BCUT2D eigenvalue weighted by Crippen LogP contribution is -2.38. The molecule has 3 aromatic rings. The van der Waals surface area contributed by atoms with Crippen LogP contribution >= 0.6 is 0 Å². The van der Waals surface area contributed by atoms with E-state index in [1.807, 2.05) is 42.5 Å². The molecule has 0 radical (unpaired) electrons. The van der Waals surface area contributed by atoms with Crippen LogP contribution in [0.5, 0.6) is 0 Å². The maximum atomic E-state index is 14.4. The number of carboxylic acids is 1. The number of amides is 1. The van der Waals surface area contributed by atoms with E-state index in [-0.39, 0.29) is 31.0 Å². The van der Waals surface area contributed by atoms with Gasteiger partial charge in [-0.1, -0.05) is 54.6 Å². The van der Waals surface area contributed by atoms with E-state index < -0.39 is 23.7 Å². The third-order valence-corrected chi connectivity index (χ3v) is 6.75. The number of carbonyl (C=O) groups excluding carboxylic acids is 2. The molecule has 1 amide bonds. The predicted molar refractivity (Wildman–Crippen MR) is 134 cm³/mol. The first-order valence-corrected chi connectivity index (χ1v) is 11.9. The Labute approximate surface area is 208 Å². The summed E-state index contributed by atoms with van der Waals surface area (Å²) in [5.41, 5.74) is 3.75. The van der Waals surface area contributed by atoms with Crippen molar-refractivity contribution in [2.45, 2.75) is 37.6 Å². The maximum Gasteiger partial charge on any atom is 0.303 e. The highest BCUT2D eigenvalue weighted by molar-refractivity contribution is 6.06. The molecular weight excluding hydrogens is 459 g/mol. The number of carboxylic acid groups (broad SMARTS) is 1. The zero-order valence-corrected chi connectivity index (χ0v) is 19.5. The zero-order valence-electron chi connectivity index (χ0n) is 19.5. The largest absolute Gasteiger partial charge is 0.481 e. The number of hydrogen-bond acceptors (Lipinski definition) is 4. The van der Waals surface area contributed by atoms with Crippen molar-refractivity contribution in [2.24, 2.45) is 0 Å². The summed E-state index contributed by atoms with van der Waals surface area (Å²) >= 11 is 0. The van der Waals surface area contributed by atoms with Gasteiger partial charge in [0.05, 0.1) is 23.8 Å². The van der Waals surface area contributed by atoms with Gasteiger partial charge in [-0.2, -0.15) is 0 Å². The smallest absolute Gasteiger partial charge is 0.303 e. The van der Waals surface area contributed by atoms with E-state index in [1.165, 1.54) is 17.0 Å². The second-order valence-electron chi connectivity index (χ2n) is 9.09. The second-order valence-corrected chi connectivity index (χ2v) is 9.09. The summed E-state index contributed by atoms with van der Waals surface area (Å²) in [6.45, 7) is 0. The molecule has 6 nitrogen and oxygen atoms in total. The fraction of sp³-hybridized carbons (Fsp3) is 0.207. The average molecular weight is 485 g/mol. The molecule has 1 aliphatic heterocycles. The molecule has 1 heterocycles. The number of aliphatic carboxylic acids is 1. The third-order valence-electron chi connectivity index (χ3n) is 6.75. The normalized spacial score (nSPS) is 19.1. The molecule has 7 heteroatoms. The molecule has 5 rings (SSSR count). The monoisotopic (exact) mass is 484 g/mol. The van der Waals surface area contributed by atoms with Gasteiger partial charge >= 0.3 is 5.97 Å². The highest BCUT2D eigenvalue weighted by Crippen LogP contribution is 2.47. The summed E-state index contributed by atoms with van der Waals surface area (Å²) in [5, 5.41) is 12.6. The number of halogens is 1. The van der Waals surface area contributed by atoms with E-state index >= 15 is 0 Å². The van der Waals surface area contributed by atoms with Crippen LogP contribution in [0.15, 0.2) is 90.1 Å². The topological polar surface area (TPSA) is 86.7 Å². The van der Waals surface area contributed by atoms with E-state index in [2.05, 4.69) is 5.32 Å². The number of allylic oxidation sites excluding steroid dienone is 1. The first kappa shape index (κ1) is 23.5. The van der Waals surface area contributed by atoms with Crippen molar-refractivity contribution in [1.29, 1.82) is 0 Å². The molecule has 3 aromatic carbocycles. The van der Waals surface area contributed by atoms with Crippen LogP contribution in [0.2, 0.25) is 0 Å². The first-order valence-electron chi connectivity index (χ1n) is 11.9. The molecule has 2 N–H and O–H groups in total. The van der Waals surface area contributed by atoms with E-state index in [1.54, 1.807) is 24.3 Å². The van der Waals surface area contributed by atoms with Gasteiger partial charge in [0.1, 0.15) is 5.82 Å². The predicted octanol–water partition coefficient (Wildman–Crippen LogP) is 5.59. The quantitative estimate of drug-likeness (QED) is 0.493. The van der Waals surface area contributed by atoms with Gasteiger partial charge < -0.3 is 10.4 Å². The summed E-state index contributed by atoms with van der Waals surface area (Å²) in [5.74, 6) is -2.20. The van der Waals surface area contributed by atoms with Crippen LogP contribution in [0, 0.1) is 5.82 Å². The van der Waals surface area contributed by atoms with E-state index in [0.717, 1.165) is 5.56 Å². The van der Waals surface area contributed by atoms with Gasteiger partial charge in [0.25, 0.3) is 0 Å². The minimum absolute atomic E-state index is 0.0421. The van der Waals surface area contributed by atoms with Crippen molar-refractivity contribution in [3.05, 3.63) is 107 Å². The van der Waals surface area contributed by atoms with Crippen LogP contribution in [-0.2, 0) is 14.4 Å². The molecule has 0 spiro atoms. The van der Waals surface area contributed by atoms with Crippen LogP contribution in [0.4, 0.5) is 15.8 Å². The van der Waals surface area contributed by atoms with Gasteiger partial charge in [-0.3, -0.25) is 19.3 Å². The summed E-state index contributed by atoms with van der Waals surface area (Å²) < 4.78 is 14.4. The number of anilines is 2. The van der Waals surface area contributed by atoms with E-state index in [0.29, 0.717) is 34.6 Å². The molecule has 0 bridgehead atoms. The van der Waals surface area contributed by atoms with Crippen LogP contribution in [0.1, 0.15) is 48.8 Å². The highest BCUT2D eigenvalue weighted by atomic mass is 19.1. The summed E-state index contributed by atoms with van der Waals surface area (Å²) in [7, 11) is 0. The molecule has 1 aliphatic carbocycles. The first-order chi connectivity index (χ1) is 17.4. The number of hydrogen-bond donors (Lipinski definition) is 2. The molecule has 0 fully saturated rings. The molecule has 0 unspecified atom stereocenters. The number of para-hydroxylation sites is 2. The molecule has 0 aromatic heterocycles. The number of rotatable bonds is 5. The van der Waals surface area contributed by atoms with Crippen molar-refractivity contribution in [3.8, 4) is 0 Å². The Morgan fingerprint density at radius 2 is 1.64 bits per heavy atom. The van der Waals surface area contributed by atoms with Crippen molar-refractivity contribution in [3.63, 3.8) is 0 Å². The number of nitrogens with zero attached hydrogens (tertiary/aromatic N) is 1. The maximum absolute atomic E-state index is 14.4. The fourth-order valence-electron chi connectivity index (χ4n) is 5.15. The number of nitrogens with one attached hydrogen (secondary N) is 1. The highest BCUT2D eigenvalue weighted by Gasteiger charge is 2.41. The number of fused-ring (bicyclic) bond motifs is 1. The van der Waals surface area contributed by atoms with E-state index in [4.69, 9.17) is 0 Å². The zero-order chi connectivity index (χ0) is 25.2. The Balaban J connectivity index is 1.69. The second kappa shape index (κ2) is 9.77. The van der Waals surface area contributed by atoms with Crippen molar-refractivity contribution in [1.82, 2.24) is 0 Å². The number of carbonyl (C=O) groups is 3. The lowest BCUT2D eigenvalue weighted by atomic mass is 9.78. The van der Waals surface area contributed by atoms with Crippen molar-refractivity contribution < 1.29 is 23.9 Å². The fourth-order valence-corrected chi connectivity index (χ4v) is 5.15. The summed E-state index contributed by atoms with van der Waals surface area (Å²) in [6.07, 6.45) is 0.196. The Morgan fingerprint density at radius 3 is 2.39 bits per heavy atom. The minimum atomic E-state index is -1.09. The van der Waals surface area contributed by atoms with Crippen LogP contribution in [0.25, 0.3) is 0 Å². The van der Waals surface area contributed by atoms with Gasteiger partial charge in [-0.25, -0.2) is 4.39 Å². The summed E-state index contributed by atoms with van der Waals surface area (Å²) in [6, 6.07) is 22.0. The SMILES string of the molecule is O=C(O)CCC(=O)N1c2ccccc2NC2=C(C(=O)C[C@@H](c3ccccc3)C2)[C@@H]1c1cccc(F)c1. The molecule has 0 saturated heterocycles. The lowest BCUT2D eigenvalue weighted by Gasteiger charge is -2.35. The average Bonchev–Trinajstić information content (AvgIpc) is 3.02. The van der Waals surface area contributed by atoms with Crippen molar-refractivity contribution in [2.75, 3.05) is 10.2 Å². The molecule has 2 aliphatic rings. The van der Waals surface area contributed by atoms with Crippen LogP contribution in [-0.4, -0.2) is 22.8 Å². The van der Waals surface area contributed by atoms with Gasteiger partial charge in [0, 0.05) is 24.1 Å². The standard InChI is InChI=1S/C29H25FN2O4/c30-21-10-6-9-19(15-21)29-28-23(16-20(17-25(28)33)18-7-2-1-3-8-18)31-22-11-4-5-12-24(22)32(29)26(34)13-14-27(35)36/h1-12,15,20,29,31H,13-14,16-17H2,(H,35,36)/t20-,29-/m0/s1. The number of benzene rings is 3. The molecule has 2 atom stereocenters. The molecular formula is C29H25FN2O4. The van der Waals surface area contributed by atoms with Crippen molar-refractivity contribution >= 4 is 29.0 Å². The minimum Gasteiger partial charge on any atom is -0.481 e. The van der Waals surface area contributed by atoms with E-state index in [9.17, 15) is 23.9 Å². The molecule has 182 valence electrons.